The molecule has 0 fully saturated rings. The molecule has 1 rings (SSSR count). The molecule has 1 aromatic rings. The van der Waals surface area contributed by atoms with Gasteiger partial charge in [-0.15, -0.1) is 0 Å². The molecule has 4 nitrogen and oxygen atoms in total. The molecule has 0 saturated heterocycles. The van der Waals surface area contributed by atoms with Crippen LogP contribution in [0.4, 0.5) is 0 Å². The lowest BCUT2D eigenvalue weighted by Crippen LogP contribution is -1.99. The third kappa shape index (κ3) is 7.11. The van der Waals surface area contributed by atoms with Crippen molar-refractivity contribution in [3.8, 4) is 0 Å². The van der Waals surface area contributed by atoms with Crippen LogP contribution >= 0.6 is 15.9 Å². The third-order valence-corrected chi connectivity index (χ3v) is 4.69. The van der Waals surface area contributed by atoms with Gasteiger partial charge < -0.3 is 0 Å². The maximum atomic E-state index is 11.3. The van der Waals surface area contributed by atoms with Crippen molar-refractivity contribution in [3.05, 3.63) is 12.4 Å². The Bertz CT molecular complexity index is 457. The largest absolute Gasteiger partial charge is 0.271 e. The van der Waals surface area contributed by atoms with Gasteiger partial charge in [0.15, 0.2) is 9.84 Å². The highest BCUT2D eigenvalue weighted by Gasteiger charge is 2.09. The van der Waals surface area contributed by atoms with Gasteiger partial charge in [-0.2, -0.15) is 5.10 Å². The molecule has 0 radical (unpaired) electrons. The Morgan fingerprint density at radius 3 is 2.21 bits per heavy atom. The van der Waals surface area contributed by atoms with E-state index in [2.05, 4.69) is 21.0 Å². The smallest absolute Gasteiger partial charge is 0.178 e. The first-order valence-electron chi connectivity index (χ1n) is 6.82. The molecule has 0 amide bonds. The molecule has 0 atom stereocenters. The van der Waals surface area contributed by atoms with E-state index in [1.807, 2.05) is 0 Å². The number of aryl methyl sites for hydroxylation is 1. The molecule has 0 spiro atoms. The third-order valence-electron chi connectivity index (χ3n) is 3.06. The fourth-order valence-electron chi connectivity index (χ4n) is 1.91. The molecule has 1 heterocycles. The molecule has 6 heteroatoms. The highest BCUT2D eigenvalue weighted by molar-refractivity contribution is 9.09. The van der Waals surface area contributed by atoms with Crippen molar-refractivity contribution in [2.24, 2.45) is 0 Å². The number of nitrogens with zero attached hydrogens (tertiary/aromatic N) is 2. The Balaban J connectivity index is 2.11. The average molecular weight is 351 g/mol. The molecular weight excluding hydrogens is 328 g/mol. The maximum absolute atomic E-state index is 11.3. The van der Waals surface area contributed by atoms with E-state index in [4.69, 9.17) is 0 Å². The molecule has 0 aromatic carbocycles. The lowest BCUT2D eigenvalue weighted by atomic mass is 10.1. The summed E-state index contributed by atoms with van der Waals surface area (Å²) in [4.78, 5) is 0.308. The highest BCUT2D eigenvalue weighted by atomic mass is 79.9. The Morgan fingerprint density at radius 2 is 1.68 bits per heavy atom. The van der Waals surface area contributed by atoms with E-state index < -0.39 is 9.84 Å². The van der Waals surface area contributed by atoms with E-state index in [-0.39, 0.29) is 0 Å². The minimum absolute atomic E-state index is 0.308. The van der Waals surface area contributed by atoms with Crippen LogP contribution in [0.25, 0.3) is 0 Å². The van der Waals surface area contributed by atoms with Crippen LogP contribution in [0.1, 0.15) is 44.9 Å². The molecule has 0 saturated carbocycles. The van der Waals surface area contributed by atoms with Crippen molar-refractivity contribution in [3.63, 3.8) is 0 Å². The van der Waals surface area contributed by atoms with Crippen LogP contribution in [0.5, 0.6) is 0 Å². The van der Waals surface area contributed by atoms with Gasteiger partial charge in [0, 0.05) is 24.3 Å². The lowest BCUT2D eigenvalue weighted by molar-refractivity contribution is 0.523. The number of halogens is 1. The standard InChI is InChI=1S/C13H23BrN2O2S/c1-19(17,18)13-11-15-16(12-13)10-8-6-4-2-3-5-7-9-14/h11-12H,2-10H2,1H3. The van der Waals surface area contributed by atoms with Gasteiger partial charge in [0.1, 0.15) is 4.90 Å². The second-order valence-electron chi connectivity index (χ2n) is 4.88. The van der Waals surface area contributed by atoms with Gasteiger partial charge in [0.25, 0.3) is 0 Å². The van der Waals surface area contributed by atoms with Crippen molar-refractivity contribution in [1.82, 2.24) is 9.78 Å². The van der Waals surface area contributed by atoms with Gasteiger partial charge in [-0.05, 0) is 12.8 Å². The summed E-state index contributed by atoms with van der Waals surface area (Å²) in [6.07, 6.45) is 12.9. The first-order chi connectivity index (χ1) is 9.04. The van der Waals surface area contributed by atoms with Gasteiger partial charge in [-0.1, -0.05) is 48.0 Å². The average Bonchev–Trinajstić information content (AvgIpc) is 2.81. The van der Waals surface area contributed by atoms with E-state index in [1.165, 1.54) is 51.0 Å². The fourth-order valence-corrected chi connectivity index (χ4v) is 2.86. The quantitative estimate of drug-likeness (QED) is 0.479. The summed E-state index contributed by atoms with van der Waals surface area (Å²) >= 11 is 3.43. The Kier molecular flexibility index (Phi) is 7.68. The molecule has 0 aliphatic carbocycles. The Morgan fingerprint density at radius 1 is 1.11 bits per heavy atom. The highest BCUT2D eigenvalue weighted by Crippen LogP contribution is 2.10. The number of hydrogen-bond donors (Lipinski definition) is 0. The van der Waals surface area contributed by atoms with E-state index in [0.29, 0.717) is 4.90 Å². The molecule has 110 valence electrons. The normalized spacial score (nSPS) is 11.9. The van der Waals surface area contributed by atoms with Crippen LogP contribution in [0.3, 0.4) is 0 Å². The second-order valence-corrected chi connectivity index (χ2v) is 7.68. The van der Waals surface area contributed by atoms with Gasteiger partial charge in [0.05, 0.1) is 6.20 Å². The molecule has 19 heavy (non-hydrogen) atoms. The van der Waals surface area contributed by atoms with Crippen molar-refractivity contribution in [2.45, 2.75) is 56.4 Å². The van der Waals surface area contributed by atoms with Crippen LogP contribution in [0, 0.1) is 0 Å². The summed E-state index contributed by atoms with van der Waals surface area (Å²) in [5.74, 6) is 0. The summed E-state index contributed by atoms with van der Waals surface area (Å²) in [7, 11) is -3.12. The molecule has 0 unspecified atom stereocenters. The Hall–Kier alpha value is -0.360. The molecular formula is C13H23BrN2O2S. The summed E-state index contributed by atoms with van der Waals surface area (Å²) in [6.45, 7) is 0.802. The van der Waals surface area contributed by atoms with Crippen LogP contribution < -0.4 is 0 Å². The van der Waals surface area contributed by atoms with Crippen LogP contribution in [0.2, 0.25) is 0 Å². The second kappa shape index (κ2) is 8.74. The number of sulfone groups is 1. The zero-order valence-corrected chi connectivity index (χ0v) is 13.9. The minimum Gasteiger partial charge on any atom is -0.271 e. The molecule has 1 aromatic heterocycles. The first kappa shape index (κ1) is 16.7. The number of alkyl halides is 1. The number of rotatable bonds is 10. The summed E-state index contributed by atoms with van der Waals surface area (Å²) < 4.78 is 24.3. The zero-order valence-electron chi connectivity index (χ0n) is 11.5. The summed E-state index contributed by atoms with van der Waals surface area (Å²) in [6, 6.07) is 0. The van der Waals surface area contributed by atoms with E-state index in [9.17, 15) is 8.42 Å². The number of aromatic nitrogens is 2. The number of unbranched alkanes of at least 4 members (excludes halogenated alkanes) is 6. The van der Waals surface area contributed by atoms with E-state index >= 15 is 0 Å². The molecule has 0 aliphatic heterocycles. The zero-order chi connectivity index (χ0) is 14.1. The number of hydrogen-bond acceptors (Lipinski definition) is 3. The lowest BCUT2D eigenvalue weighted by Gasteiger charge is -2.02. The van der Waals surface area contributed by atoms with Crippen molar-refractivity contribution < 1.29 is 8.42 Å². The summed E-state index contributed by atoms with van der Waals surface area (Å²) in [5.41, 5.74) is 0. The van der Waals surface area contributed by atoms with Gasteiger partial charge in [-0.3, -0.25) is 4.68 Å². The van der Waals surface area contributed by atoms with Crippen LogP contribution in [-0.4, -0.2) is 29.8 Å². The molecule has 0 bridgehead atoms. The topological polar surface area (TPSA) is 52.0 Å². The van der Waals surface area contributed by atoms with Crippen molar-refractivity contribution >= 4 is 25.8 Å². The first-order valence-corrected chi connectivity index (χ1v) is 9.84. The van der Waals surface area contributed by atoms with Crippen LogP contribution in [-0.2, 0) is 16.4 Å². The minimum atomic E-state index is -3.12. The maximum Gasteiger partial charge on any atom is 0.178 e. The Labute approximate surface area is 124 Å². The molecule has 0 N–H and O–H groups in total. The predicted octanol–water partition coefficient (Wildman–Crippen LogP) is 3.41. The van der Waals surface area contributed by atoms with Gasteiger partial charge in [0.2, 0.25) is 0 Å². The summed E-state index contributed by atoms with van der Waals surface area (Å²) in [5, 5.41) is 5.18. The van der Waals surface area contributed by atoms with E-state index in [1.54, 1.807) is 10.9 Å². The predicted molar refractivity (Wildman–Crippen MR) is 81.4 cm³/mol. The molecule has 0 aliphatic rings. The fraction of sp³-hybridized carbons (Fsp3) is 0.769. The van der Waals surface area contributed by atoms with Crippen molar-refractivity contribution in [1.29, 1.82) is 0 Å². The van der Waals surface area contributed by atoms with E-state index in [0.717, 1.165) is 18.3 Å². The SMILES string of the molecule is CS(=O)(=O)c1cnn(CCCCCCCCCBr)c1. The monoisotopic (exact) mass is 350 g/mol. The van der Waals surface area contributed by atoms with Crippen molar-refractivity contribution in [2.75, 3.05) is 11.6 Å². The van der Waals surface area contributed by atoms with Gasteiger partial charge >= 0.3 is 0 Å². The van der Waals surface area contributed by atoms with Crippen LogP contribution in [0.15, 0.2) is 17.3 Å². The van der Waals surface area contributed by atoms with Gasteiger partial charge in [-0.25, -0.2) is 8.42 Å².